The van der Waals surface area contributed by atoms with Crippen LogP contribution in [0, 0.1) is 6.92 Å². The fourth-order valence-corrected chi connectivity index (χ4v) is 2.12. The average Bonchev–Trinajstić information content (AvgIpc) is 2.54. The lowest BCUT2D eigenvalue weighted by Crippen LogP contribution is -2.19. The monoisotopic (exact) mass is 332 g/mol. The second-order valence-electron chi connectivity index (χ2n) is 4.98. The van der Waals surface area contributed by atoms with Gasteiger partial charge in [0.25, 0.3) is 5.56 Å². The van der Waals surface area contributed by atoms with Gasteiger partial charge in [-0.2, -0.15) is 5.10 Å². The molecule has 128 valence electrons. The average molecular weight is 332 g/mol. The summed E-state index contributed by atoms with van der Waals surface area (Å²) in [5.74, 6) is 0.638. The van der Waals surface area contributed by atoms with E-state index in [9.17, 15) is 9.90 Å². The first-order valence-corrected chi connectivity index (χ1v) is 7.50. The predicted molar refractivity (Wildman–Crippen MR) is 90.9 cm³/mol. The Morgan fingerprint density at radius 2 is 2.25 bits per heavy atom. The Morgan fingerprint density at radius 3 is 2.92 bits per heavy atom. The number of rotatable bonds is 7. The van der Waals surface area contributed by atoms with Crippen molar-refractivity contribution < 1.29 is 14.9 Å². The van der Waals surface area contributed by atoms with Crippen LogP contribution < -0.4 is 15.7 Å². The third-order valence-electron chi connectivity index (χ3n) is 3.25. The lowest BCUT2D eigenvalue weighted by molar-refractivity contribution is 0.298. The molecule has 1 aromatic heterocycles. The number of aromatic amines is 1. The highest BCUT2D eigenvalue weighted by atomic mass is 16.5. The van der Waals surface area contributed by atoms with E-state index in [0.717, 1.165) is 0 Å². The molecule has 8 nitrogen and oxygen atoms in total. The van der Waals surface area contributed by atoms with Crippen molar-refractivity contribution in [3.63, 3.8) is 0 Å². The molecule has 0 bridgehead atoms. The van der Waals surface area contributed by atoms with Gasteiger partial charge in [-0.05, 0) is 37.6 Å². The van der Waals surface area contributed by atoms with Gasteiger partial charge in [0.1, 0.15) is 0 Å². The summed E-state index contributed by atoms with van der Waals surface area (Å²) < 4.78 is 5.30. The van der Waals surface area contributed by atoms with E-state index in [-0.39, 0.29) is 30.3 Å². The number of aromatic hydroxyl groups is 1. The first-order chi connectivity index (χ1) is 11.5. The van der Waals surface area contributed by atoms with Crippen molar-refractivity contribution >= 4 is 12.2 Å². The van der Waals surface area contributed by atoms with Gasteiger partial charge in [0, 0.05) is 18.6 Å². The van der Waals surface area contributed by atoms with E-state index in [2.05, 4.69) is 20.5 Å². The Labute approximate surface area is 138 Å². The summed E-state index contributed by atoms with van der Waals surface area (Å²) in [6.45, 7) is 3.85. The molecule has 2 rings (SSSR count). The minimum Gasteiger partial charge on any atom is -0.504 e. The van der Waals surface area contributed by atoms with Crippen molar-refractivity contribution in [2.75, 3.05) is 18.6 Å². The van der Waals surface area contributed by atoms with Crippen LogP contribution >= 0.6 is 0 Å². The molecule has 0 radical (unpaired) electrons. The van der Waals surface area contributed by atoms with Crippen molar-refractivity contribution in [2.24, 2.45) is 5.10 Å². The Kier molecular flexibility index (Phi) is 5.91. The van der Waals surface area contributed by atoms with Gasteiger partial charge in [-0.25, -0.2) is 10.4 Å². The van der Waals surface area contributed by atoms with Crippen LogP contribution in [0.5, 0.6) is 11.5 Å². The molecule has 0 atom stereocenters. The highest BCUT2D eigenvalue weighted by Crippen LogP contribution is 2.26. The van der Waals surface area contributed by atoms with Gasteiger partial charge in [0.05, 0.1) is 18.5 Å². The van der Waals surface area contributed by atoms with Crippen LogP contribution in [-0.2, 0) is 6.42 Å². The zero-order valence-electron chi connectivity index (χ0n) is 13.5. The summed E-state index contributed by atoms with van der Waals surface area (Å²) in [4.78, 5) is 18.6. The summed E-state index contributed by atoms with van der Waals surface area (Å²) in [6, 6.07) is 4.84. The molecule has 1 heterocycles. The molecule has 0 fully saturated rings. The summed E-state index contributed by atoms with van der Waals surface area (Å²) in [5.41, 5.74) is 4.03. The molecular formula is C16H20N4O4. The number of hydrogen-bond acceptors (Lipinski definition) is 7. The number of ether oxygens (including phenoxy) is 1. The highest BCUT2D eigenvalue weighted by molar-refractivity contribution is 5.81. The van der Waals surface area contributed by atoms with Gasteiger partial charge in [-0.3, -0.25) is 9.78 Å². The number of H-pyrrole nitrogens is 1. The van der Waals surface area contributed by atoms with Crippen LogP contribution in [0.3, 0.4) is 0 Å². The molecule has 8 heteroatoms. The van der Waals surface area contributed by atoms with E-state index in [1.807, 2.05) is 6.92 Å². The molecule has 0 aliphatic rings. The molecule has 0 aliphatic heterocycles. The fraction of sp³-hybridized carbons (Fsp3) is 0.312. The standard InChI is InChI=1S/C16H20N4O4/c1-3-24-14-8-11(4-5-13(14)22)9-17-20-16-18-10(2)12(6-7-21)15(23)19-16/h4-5,8-9,21-22H,3,6-7H2,1-2H3,(H2,18,19,20,23)/b17-9-. The number of aliphatic hydroxyl groups is 1. The zero-order valence-corrected chi connectivity index (χ0v) is 13.5. The second-order valence-corrected chi connectivity index (χ2v) is 4.98. The van der Waals surface area contributed by atoms with E-state index >= 15 is 0 Å². The van der Waals surface area contributed by atoms with E-state index in [1.54, 1.807) is 19.1 Å². The number of benzene rings is 1. The normalized spacial score (nSPS) is 11.0. The van der Waals surface area contributed by atoms with Crippen LogP contribution in [0.1, 0.15) is 23.7 Å². The first-order valence-electron chi connectivity index (χ1n) is 7.50. The second kappa shape index (κ2) is 8.11. The molecule has 24 heavy (non-hydrogen) atoms. The molecule has 0 spiro atoms. The molecule has 0 saturated heterocycles. The summed E-state index contributed by atoms with van der Waals surface area (Å²) in [6.07, 6.45) is 1.77. The SMILES string of the molecule is CCOc1cc(/C=N\Nc2nc(C)c(CCO)c(=O)[nH]2)ccc1O. The van der Waals surface area contributed by atoms with Crippen LogP contribution in [0.4, 0.5) is 5.95 Å². The summed E-state index contributed by atoms with van der Waals surface area (Å²) in [5, 5.41) is 22.6. The van der Waals surface area contributed by atoms with Gasteiger partial charge in [0.15, 0.2) is 11.5 Å². The summed E-state index contributed by atoms with van der Waals surface area (Å²) >= 11 is 0. The maximum Gasteiger partial charge on any atom is 0.255 e. The predicted octanol–water partition coefficient (Wildman–Crippen LogP) is 1.16. The lowest BCUT2D eigenvalue weighted by Gasteiger charge is -2.06. The topological polar surface area (TPSA) is 120 Å². The maximum atomic E-state index is 11.9. The number of phenolic OH excluding ortho intramolecular Hbond substituents is 1. The quantitative estimate of drug-likeness (QED) is 0.446. The van der Waals surface area contributed by atoms with E-state index in [0.29, 0.717) is 29.2 Å². The van der Waals surface area contributed by atoms with Gasteiger partial charge < -0.3 is 14.9 Å². The van der Waals surface area contributed by atoms with Gasteiger partial charge in [-0.15, -0.1) is 0 Å². The van der Waals surface area contributed by atoms with Crippen LogP contribution in [0.25, 0.3) is 0 Å². The van der Waals surface area contributed by atoms with Crippen molar-refractivity contribution in [1.82, 2.24) is 9.97 Å². The number of anilines is 1. The molecule has 0 saturated carbocycles. The van der Waals surface area contributed by atoms with Crippen LogP contribution in [0.2, 0.25) is 0 Å². The molecule has 0 aliphatic carbocycles. The number of aromatic nitrogens is 2. The number of phenols is 1. The molecule has 1 aromatic carbocycles. The largest absolute Gasteiger partial charge is 0.504 e. The molecule has 0 amide bonds. The lowest BCUT2D eigenvalue weighted by atomic mass is 10.2. The number of aryl methyl sites for hydroxylation is 1. The molecule has 2 aromatic rings. The Balaban J connectivity index is 2.12. The third-order valence-corrected chi connectivity index (χ3v) is 3.25. The fourth-order valence-electron chi connectivity index (χ4n) is 2.12. The maximum absolute atomic E-state index is 11.9. The van der Waals surface area contributed by atoms with Gasteiger partial charge in [0.2, 0.25) is 5.95 Å². The van der Waals surface area contributed by atoms with Crippen molar-refractivity contribution in [3.05, 3.63) is 45.4 Å². The van der Waals surface area contributed by atoms with Crippen LogP contribution in [-0.4, -0.2) is 39.6 Å². The smallest absolute Gasteiger partial charge is 0.255 e. The van der Waals surface area contributed by atoms with Gasteiger partial charge >= 0.3 is 0 Å². The van der Waals surface area contributed by atoms with Crippen molar-refractivity contribution in [3.8, 4) is 11.5 Å². The molecule has 0 unspecified atom stereocenters. The van der Waals surface area contributed by atoms with E-state index in [1.165, 1.54) is 12.3 Å². The highest BCUT2D eigenvalue weighted by Gasteiger charge is 2.07. The Morgan fingerprint density at radius 1 is 1.46 bits per heavy atom. The first kappa shape index (κ1) is 17.5. The zero-order chi connectivity index (χ0) is 17.5. The third kappa shape index (κ3) is 4.32. The van der Waals surface area contributed by atoms with Crippen LogP contribution in [0.15, 0.2) is 28.1 Å². The van der Waals surface area contributed by atoms with Crippen molar-refractivity contribution in [1.29, 1.82) is 0 Å². The minimum absolute atomic E-state index is 0.0584. The Hall–Kier alpha value is -2.87. The van der Waals surface area contributed by atoms with E-state index < -0.39 is 0 Å². The number of nitrogens with zero attached hydrogens (tertiary/aromatic N) is 2. The number of aliphatic hydroxyl groups excluding tert-OH is 1. The number of hydrogen-bond donors (Lipinski definition) is 4. The van der Waals surface area contributed by atoms with E-state index in [4.69, 9.17) is 9.84 Å². The Bertz CT molecular complexity index is 786. The summed E-state index contributed by atoms with van der Waals surface area (Å²) in [7, 11) is 0. The van der Waals surface area contributed by atoms with Gasteiger partial charge in [-0.1, -0.05) is 0 Å². The number of nitrogens with one attached hydrogen (secondary N) is 2. The molecular weight excluding hydrogens is 312 g/mol. The minimum atomic E-state index is -0.308. The number of hydrazone groups is 1. The van der Waals surface area contributed by atoms with Crippen molar-refractivity contribution in [2.45, 2.75) is 20.3 Å². The molecule has 4 N–H and O–H groups in total.